The summed E-state index contributed by atoms with van der Waals surface area (Å²) < 4.78 is 30.7. The molecule has 1 aliphatic carbocycles. The highest BCUT2D eigenvalue weighted by molar-refractivity contribution is 7.89. The quantitative estimate of drug-likeness (QED) is 0.338. The number of hydrogen-bond acceptors (Lipinski definition) is 7. The van der Waals surface area contributed by atoms with Gasteiger partial charge in [0.25, 0.3) is 5.91 Å². The highest BCUT2D eigenvalue weighted by Crippen LogP contribution is 2.35. The largest absolute Gasteiger partial charge is 0.452 e. The van der Waals surface area contributed by atoms with Gasteiger partial charge in [0.2, 0.25) is 21.8 Å². The van der Waals surface area contributed by atoms with Crippen LogP contribution < -0.4 is 5.32 Å². The van der Waals surface area contributed by atoms with Crippen molar-refractivity contribution in [1.29, 1.82) is 0 Å². The van der Waals surface area contributed by atoms with E-state index in [1.165, 1.54) is 45.3 Å². The maximum Gasteiger partial charge on any atom is 0.308 e. The number of hydrogen-bond donors (Lipinski definition) is 1. The zero-order chi connectivity index (χ0) is 24.3. The molecule has 1 heterocycles. The third kappa shape index (κ3) is 5.31. The molecule has 11 heteroatoms. The molecule has 178 valence electrons. The van der Waals surface area contributed by atoms with E-state index < -0.39 is 28.0 Å². The number of benzene rings is 1. The number of esters is 1. The number of ether oxygens (including phenoxy) is 1. The van der Waals surface area contributed by atoms with Crippen LogP contribution in [0.25, 0.3) is 0 Å². The number of imide groups is 1. The number of nitrogens with one attached hydrogen (secondary N) is 1. The van der Waals surface area contributed by atoms with Gasteiger partial charge in [-0.15, -0.1) is 0 Å². The van der Waals surface area contributed by atoms with Crippen LogP contribution in [0.2, 0.25) is 0 Å². The molecular formula is C22H27N3O7S. The number of carbonyl (C=O) groups is 4. The Morgan fingerprint density at radius 2 is 1.76 bits per heavy atom. The van der Waals surface area contributed by atoms with Gasteiger partial charge in [-0.1, -0.05) is 18.2 Å². The van der Waals surface area contributed by atoms with Crippen LogP contribution in [-0.2, 0) is 33.9 Å². The lowest BCUT2D eigenvalue weighted by molar-refractivity contribution is -0.154. The molecule has 0 spiro atoms. The van der Waals surface area contributed by atoms with E-state index in [-0.39, 0.29) is 47.2 Å². The van der Waals surface area contributed by atoms with Crippen LogP contribution in [0.4, 0.5) is 5.69 Å². The molecule has 1 aromatic rings. The van der Waals surface area contributed by atoms with Gasteiger partial charge in [0.15, 0.2) is 6.10 Å². The van der Waals surface area contributed by atoms with Crippen LogP contribution in [0, 0.1) is 11.8 Å². The van der Waals surface area contributed by atoms with Crippen molar-refractivity contribution >= 4 is 39.4 Å². The van der Waals surface area contributed by atoms with Gasteiger partial charge in [-0.25, -0.2) is 12.7 Å². The smallest absolute Gasteiger partial charge is 0.308 e. The molecule has 3 rings (SSSR count). The first kappa shape index (κ1) is 24.6. The average Bonchev–Trinajstić information content (AvgIpc) is 3.02. The fourth-order valence-electron chi connectivity index (χ4n) is 3.79. The van der Waals surface area contributed by atoms with Crippen molar-refractivity contribution < 1.29 is 32.3 Å². The van der Waals surface area contributed by atoms with Crippen molar-refractivity contribution in [2.45, 2.75) is 37.2 Å². The molecule has 0 aromatic heterocycles. The predicted octanol–water partition coefficient (Wildman–Crippen LogP) is 1.15. The van der Waals surface area contributed by atoms with Gasteiger partial charge in [0.05, 0.1) is 23.2 Å². The Morgan fingerprint density at radius 1 is 1.15 bits per heavy atom. The van der Waals surface area contributed by atoms with Gasteiger partial charge >= 0.3 is 5.97 Å². The molecule has 0 bridgehead atoms. The van der Waals surface area contributed by atoms with Crippen molar-refractivity contribution in [3.8, 4) is 0 Å². The van der Waals surface area contributed by atoms with Gasteiger partial charge in [0, 0.05) is 26.3 Å². The highest BCUT2D eigenvalue weighted by Gasteiger charge is 2.47. The fraction of sp³-hybridized carbons (Fsp3) is 0.455. The van der Waals surface area contributed by atoms with E-state index in [1.54, 1.807) is 0 Å². The number of amides is 3. The van der Waals surface area contributed by atoms with E-state index >= 15 is 0 Å². The van der Waals surface area contributed by atoms with Crippen LogP contribution >= 0.6 is 0 Å². The van der Waals surface area contributed by atoms with Crippen LogP contribution in [0.1, 0.15) is 26.2 Å². The molecule has 1 saturated heterocycles. The van der Waals surface area contributed by atoms with Crippen molar-refractivity contribution in [3.05, 3.63) is 36.4 Å². The highest BCUT2D eigenvalue weighted by atomic mass is 32.2. The summed E-state index contributed by atoms with van der Waals surface area (Å²) in [4.78, 5) is 50.6. The maximum absolute atomic E-state index is 12.4. The van der Waals surface area contributed by atoms with Crippen molar-refractivity contribution in [2.75, 3.05) is 26.0 Å². The number of carbonyl (C=O) groups excluding carboxylic acids is 4. The minimum atomic E-state index is -3.67. The van der Waals surface area contributed by atoms with E-state index in [4.69, 9.17) is 4.74 Å². The minimum absolute atomic E-state index is 0.00524. The predicted molar refractivity (Wildman–Crippen MR) is 118 cm³/mol. The maximum atomic E-state index is 12.4. The zero-order valence-electron chi connectivity index (χ0n) is 18.7. The Balaban J connectivity index is 1.53. The second kappa shape index (κ2) is 9.84. The lowest BCUT2D eigenvalue weighted by atomic mass is 9.85. The summed E-state index contributed by atoms with van der Waals surface area (Å²) in [7, 11) is -0.876. The first-order valence-electron chi connectivity index (χ1n) is 10.6. The number of sulfonamides is 1. The van der Waals surface area contributed by atoms with Gasteiger partial charge in [0.1, 0.15) is 0 Å². The summed E-state index contributed by atoms with van der Waals surface area (Å²) >= 11 is 0. The Labute approximate surface area is 192 Å². The fourth-order valence-corrected chi connectivity index (χ4v) is 4.74. The number of fused-ring (bicyclic) bond motifs is 1. The van der Waals surface area contributed by atoms with Crippen LogP contribution in [0.5, 0.6) is 0 Å². The number of rotatable bonds is 8. The number of nitrogens with zero attached hydrogens (tertiary/aromatic N) is 2. The van der Waals surface area contributed by atoms with E-state index in [0.29, 0.717) is 12.8 Å². The van der Waals surface area contributed by atoms with Crippen molar-refractivity contribution in [3.63, 3.8) is 0 Å². The topological polar surface area (TPSA) is 130 Å². The summed E-state index contributed by atoms with van der Waals surface area (Å²) in [5.41, 5.74) is 0.232. The van der Waals surface area contributed by atoms with Gasteiger partial charge < -0.3 is 10.1 Å². The third-order valence-electron chi connectivity index (χ3n) is 5.70. The molecule has 10 nitrogen and oxygen atoms in total. The number of likely N-dealkylation sites (tertiary alicyclic amines) is 1. The summed E-state index contributed by atoms with van der Waals surface area (Å²) in [5.74, 6) is -2.66. The van der Waals surface area contributed by atoms with Crippen molar-refractivity contribution in [1.82, 2.24) is 9.21 Å². The van der Waals surface area contributed by atoms with E-state index in [2.05, 4.69) is 5.32 Å². The van der Waals surface area contributed by atoms with Gasteiger partial charge in [-0.2, -0.15) is 0 Å². The molecule has 0 unspecified atom stereocenters. The summed E-state index contributed by atoms with van der Waals surface area (Å²) in [6, 6.07) is 5.71. The molecule has 33 heavy (non-hydrogen) atoms. The van der Waals surface area contributed by atoms with Crippen LogP contribution in [0.15, 0.2) is 41.3 Å². The molecule has 3 atom stereocenters. The van der Waals surface area contributed by atoms with E-state index in [9.17, 15) is 27.6 Å². The lowest BCUT2D eigenvalue weighted by Crippen LogP contribution is -2.35. The Morgan fingerprint density at radius 3 is 2.33 bits per heavy atom. The van der Waals surface area contributed by atoms with Gasteiger partial charge in [-0.3, -0.25) is 24.1 Å². The second-order valence-electron chi connectivity index (χ2n) is 8.17. The van der Waals surface area contributed by atoms with Crippen molar-refractivity contribution in [2.24, 2.45) is 11.8 Å². The van der Waals surface area contributed by atoms with Gasteiger partial charge in [-0.05, 0) is 38.0 Å². The summed E-state index contributed by atoms with van der Waals surface area (Å²) in [5, 5.41) is 2.52. The zero-order valence-corrected chi connectivity index (χ0v) is 19.5. The summed E-state index contributed by atoms with van der Waals surface area (Å²) in [6.45, 7) is 1.28. The molecule has 0 saturated carbocycles. The molecule has 1 aliphatic heterocycles. The molecular weight excluding hydrogens is 450 g/mol. The molecule has 1 aromatic carbocycles. The lowest BCUT2D eigenvalue weighted by Gasteiger charge is -2.17. The Kier molecular flexibility index (Phi) is 7.33. The van der Waals surface area contributed by atoms with E-state index in [0.717, 1.165) is 9.21 Å². The van der Waals surface area contributed by atoms with Crippen LogP contribution in [-0.4, -0.2) is 68.1 Å². The molecule has 1 N–H and O–H groups in total. The second-order valence-corrected chi connectivity index (χ2v) is 10.3. The first-order chi connectivity index (χ1) is 15.5. The molecule has 2 aliphatic rings. The number of anilines is 1. The average molecular weight is 478 g/mol. The molecule has 0 radical (unpaired) electrons. The normalized spacial score (nSPS) is 21.2. The Bertz CT molecular complexity index is 1070. The molecule has 1 fully saturated rings. The SMILES string of the molecule is C[C@H](OC(=O)CCN1C(=O)[C@H]2CC=CC[C@H]2C1=O)C(=O)Nc1cccc(S(=O)(=O)N(C)C)c1. The van der Waals surface area contributed by atoms with E-state index in [1.807, 2.05) is 12.2 Å². The standard InChI is InChI=1S/C22H27N3O7S/c1-14(20(27)23-15-7-6-8-16(13-15)33(30,31)24(2)3)32-19(26)11-12-25-21(28)17-9-4-5-10-18(17)22(25)29/h4-8,13-14,17-18H,9-12H2,1-3H3,(H,23,27)/t14-,17-,18+/m0/s1. The monoisotopic (exact) mass is 477 g/mol. The number of allylic oxidation sites excluding steroid dienone is 2. The Hall–Kier alpha value is -3.05. The molecule has 3 amide bonds. The first-order valence-corrected chi connectivity index (χ1v) is 12.0. The third-order valence-corrected chi connectivity index (χ3v) is 7.51. The minimum Gasteiger partial charge on any atom is -0.452 e. The van der Waals surface area contributed by atoms with Crippen LogP contribution in [0.3, 0.4) is 0 Å². The summed E-state index contributed by atoms with van der Waals surface area (Å²) in [6.07, 6.45) is 3.42.